The third-order valence-electron chi connectivity index (χ3n) is 11.5. The maximum absolute atomic E-state index is 12.3. The molecular weight excluding hydrogens is 1270 g/mol. The highest BCUT2D eigenvalue weighted by molar-refractivity contribution is 8.01. The fourth-order valence-electron chi connectivity index (χ4n) is 7.44. The number of aryl methyl sites for hydroxylation is 1. The van der Waals surface area contributed by atoms with Crippen molar-refractivity contribution in [3.05, 3.63) is 199 Å². The van der Waals surface area contributed by atoms with Crippen molar-refractivity contribution in [2.24, 2.45) is 22.9 Å². The fraction of sp³-hybridized carbons (Fsp3) is 0.145. The van der Waals surface area contributed by atoms with Gasteiger partial charge in [0.2, 0.25) is 0 Å². The Kier molecular flexibility index (Phi) is 27.4. The van der Waals surface area contributed by atoms with Gasteiger partial charge in [-0.05, 0) is 129 Å². The Balaban J connectivity index is 0.000000188. The van der Waals surface area contributed by atoms with Gasteiger partial charge in [-0.15, -0.1) is 92.4 Å². The number of nitrogens with one attached hydrogen (secondary N) is 8. The smallest absolute Gasteiger partial charge is 0.262 e. The van der Waals surface area contributed by atoms with Gasteiger partial charge in [0.25, 0.3) is 17.7 Å². The van der Waals surface area contributed by atoms with E-state index in [1.54, 1.807) is 72.4 Å². The van der Waals surface area contributed by atoms with E-state index < -0.39 is 0 Å². The van der Waals surface area contributed by atoms with E-state index in [1.165, 1.54) is 80.6 Å². The average Bonchev–Trinajstić information content (AvgIpc) is 4.49. The van der Waals surface area contributed by atoms with Crippen LogP contribution >= 0.6 is 92.4 Å². The second-order valence-corrected chi connectivity index (χ2v) is 26.5. The van der Waals surface area contributed by atoms with E-state index in [0.717, 1.165) is 55.7 Å². The normalized spacial score (nSPS) is 10.3. The third-order valence-corrected chi connectivity index (χ3v) is 20.8. The van der Waals surface area contributed by atoms with Crippen molar-refractivity contribution < 1.29 is 28.6 Å². The van der Waals surface area contributed by atoms with Crippen LogP contribution in [0.25, 0.3) is 0 Å². The Morgan fingerprint density at radius 2 is 0.886 bits per heavy atom. The molecule has 0 aliphatic heterocycles. The fourth-order valence-corrected chi connectivity index (χ4v) is 14.0. The minimum Gasteiger partial charge on any atom is -0.494 e. The van der Waals surface area contributed by atoms with Gasteiger partial charge in [0.1, 0.15) is 47.2 Å². The van der Waals surface area contributed by atoms with Gasteiger partial charge < -0.3 is 58.4 Å². The zero-order chi connectivity index (χ0) is 63.7. The van der Waals surface area contributed by atoms with Crippen LogP contribution in [0, 0.1) is 28.6 Å². The quantitative estimate of drug-likeness (QED) is 0.0161. The second kappa shape index (κ2) is 35.0. The number of nitrogens with two attached hydrogens (primary N) is 4. The van der Waals surface area contributed by atoms with Gasteiger partial charge in [-0.3, -0.25) is 36.0 Å². The van der Waals surface area contributed by atoms with Crippen LogP contribution in [-0.2, 0) is 11.4 Å². The number of amides is 3. The zero-order valence-corrected chi connectivity index (χ0v) is 55.2. The predicted octanol–water partition coefficient (Wildman–Crippen LogP) is 14.6. The van der Waals surface area contributed by atoms with Gasteiger partial charge in [0.05, 0.1) is 65.7 Å². The molecule has 9 rings (SSSR count). The minimum atomic E-state index is -0.248. The first-order chi connectivity index (χ1) is 42.3. The number of carbonyl (C=O) groups is 3. The van der Waals surface area contributed by atoms with Crippen LogP contribution < -0.4 is 58.4 Å². The highest BCUT2D eigenvalue weighted by atomic mass is 32.2. The van der Waals surface area contributed by atoms with Crippen LogP contribution in [0.4, 0.5) is 28.4 Å². The zero-order valence-electron chi connectivity index (χ0n) is 48.7. The van der Waals surface area contributed by atoms with E-state index in [1.807, 2.05) is 136 Å². The van der Waals surface area contributed by atoms with Crippen molar-refractivity contribution in [1.82, 2.24) is 0 Å². The number of amidine groups is 4. The summed E-state index contributed by atoms with van der Waals surface area (Å²) in [7, 11) is 0. The molecule has 0 unspecified atom stereocenters. The van der Waals surface area contributed by atoms with E-state index in [0.29, 0.717) is 61.8 Å². The van der Waals surface area contributed by atoms with E-state index in [4.69, 9.17) is 58.8 Å². The van der Waals surface area contributed by atoms with Crippen LogP contribution in [0.2, 0.25) is 0 Å². The molecule has 0 radical (unpaired) electrons. The number of thiophene rings is 4. The van der Waals surface area contributed by atoms with E-state index in [9.17, 15) is 14.4 Å². The topological polar surface area (TPSA) is 326 Å². The first-order valence-corrected chi connectivity index (χ1v) is 34.5. The SMILES string of the molecule is CCOc1ccc(C(=O)Nc2cc(C(=N)N)sc2SC)cc1.CSc1sc(C(=N)N)cc1NC(=O)COc1ccccc1.CSc1sc(C(=N)N)cc1NC(=O)c1cccc(C)c1.CSc1sc(C(=N)N)cc1Nc1cccc(OCc2ccccc2)c1. The number of hydrogen-bond acceptors (Lipinski definition) is 19. The molecule has 88 heavy (non-hydrogen) atoms. The molecule has 4 heterocycles. The Labute approximate surface area is 544 Å². The van der Waals surface area contributed by atoms with Gasteiger partial charge in [-0.1, -0.05) is 72.3 Å². The van der Waals surface area contributed by atoms with E-state index in [-0.39, 0.29) is 47.7 Å². The van der Waals surface area contributed by atoms with Gasteiger partial charge in [-0.25, -0.2) is 0 Å². The molecule has 0 saturated heterocycles. The average molecular weight is 1330 g/mol. The molecule has 0 aliphatic carbocycles. The number of thioether (sulfide) groups is 4. The summed E-state index contributed by atoms with van der Waals surface area (Å²) in [5.41, 5.74) is 29.3. The van der Waals surface area contributed by atoms with Crippen LogP contribution in [0.5, 0.6) is 17.2 Å². The number of nitrogen functional groups attached to an aromatic ring is 4. The highest BCUT2D eigenvalue weighted by Gasteiger charge is 2.18. The highest BCUT2D eigenvalue weighted by Crippen LogP contribution is 2.39. The van der Waals surface area contributed by atoms with Gasteiger partial charge in [-0.2, -0.15) is 0 Å². The maximum atomic E-state index is 12.3. The van der Waals surface area contributed by atoms with E-state index in [2.05, 4.69) is 21.3 Å². The van der Waals surface area contributed by atoms with Crippen molar-refractivity contribution >= 4 is 162 Å². The molecule has 26 heteroatoms. The van der Waals surface area contributed by atoms with Crippen molar-refractivity contribution in [3.63, 3.8) is 0 Å². The molecule has 0 spiro atoms. The summed E-state index contributed by atoms with van der Waals surface area (Å²) >= 11 is 11.9. The lowest BCUT2D eigenvalue weighted by molar-refractivity contribution is -0.118. The van der Waals surface area contributed by atoms with Crippen molar-refractivity contribution in [2.75, 3.05) is 59.5 Å². The summed E-state index contributed by atoms with van der Waals surface area (Å²) in [4.78, 5) is 39.1. The summed E-state index contributed by atoms with van der Waals surface area (Å²) < 4.78 is 20.5. The summed E-state index contributed by atoms with van der Waals surface area (Å²) in [6.45, 7) is 4.91. The lowest BCUT2D eigenvalue weighted by atomic mass is 10.1. The van der Waals surface area contributed by atoms with Gasteiger partial charge in [0.15, 0.2) is 6.61 Å². The Bertz CT molecular complexity index is 3830. The first-order valence-electron chi connectivity index (χ1n) is 26.3. The molecule has 0 saturated carbocycles. The summed E-state index contributed by atoms with van der Waals surface area (Å²) in [6, 6.07) is 48.6. The first kappa shape index (κ1) is 68.9. The van der Waals surface area contributed by atoms with Crippen LogP contribution in [-0.4, -0.2) is 79.3 Å². The minimum absolute atomic E-state index is 0.00173. The number of ether oxygens (including phenoxy) is 3. The molecule has 0 aliphatic rings. The molecule has 16 N–H and O–H groups in total. The Hall–Kier alpha value is -8.21. The lowest BCUT2D eigenvalue weighted by Gasteiger charge is -2.10. The van der Waals surface area contributed by atoms with Crippen LogP contribution in [0.15, 0.2) is 175 Å². The summed E-state index contributed by atoms with van der Waals surface area (Å²) in [5.74, 6) is 1.69. The molecule has 5 aromatic carbocycles. The molecular formula is C62H66N12O6S8. The number of hydrogen-bond donors (Lipinski definition) is 12. The lowest BCUT2D eigenvalue weighted by Crippen LogP contribution is -2.20. The molecule has 458 valence electrons. The summed E-state index contributed by atoms with van der Waals surface area (Å²) in [6.07, 6.45) is 7.77. The number of rotatable bonds is 23. The Morgan fingerprint density at radius 3 is 1.36 bits per heavy atom. The predicted molar refractivity (Wildman–Crippen MR) is 374 cm³/mol. The molecule has 0 atom stereocenters. The molecule has 9 aromatic rings. The van der Waals surface area contributed by atoms with Crippen LogP contribution in [0.1, 0.15) is 58.3 Å². The largest absolute Gasteiger partial charge is 0.494 e. The monoisotopic (exact) mass is 1330 g/mol. The molecule has 18 nitrogen and oxygen atoms in total. The van der Waals surface area contributed by atoms with Gasteiger partial charge in [0, 0.05) is 22.9 Å². The third kappa shape index (κ3) is 21.3. The van der Waals surface area contributed by atoms with E-state index >= 15 is 0 Å². The van der Waals surface area contributed by atoms with Gasteiger partial charge >= 0.3 is 0 Å². The molecule has 0 bridgehead atoms. The van der Waals surface area contributed by atoms with Crippen molar-refractivity contribution in [2.45, 2.75) is 37.3 Å². The van der Waals surface area contributed by atoms with Crippen molar-refractivity contribution in [3.8, 4) is 17.2 Å². The molecule has 0 fully saturated rings. The Morgan fingerprint density at radius 1 is 0.455 bits per heavy atom. The van der Waals surface area contributed by atoms with Crippen molar-refractivity contribution in [1.29, 1.82) is 21.6 Å². The number of benzene rings is 5. The maximum Gasteiger partial charge on any atom is 0.262 e. The molecule has 3 amide bonds. The number of anilines is 5. The standard InChI is InChI=1S/C19H19N3OS2.C15H17N3O2S2.C14H15N3O2S2.C14H15N3OS2/c1-24-19-16(11-17(25-19)18(20)21)22-14-8-5-9-15(10-14)23-12-13-6-3-2-4-7-13;1-3-20-10-6-4-9(5-7-10)14(19)18-11-8-12(13(16)17)22-15(11)21-2;1-20-14-10(7-11(21-14)13(15)16)17-12(18)8-19-9-5-3-2-4-6-9;1-8-4-3-5-9(6-8)13(18)17-10-7-11(12(15)16)20-14(10)19-2/h2-11,22H,12H2,1H3,(H3,20,21);4-8H,3H2,1-2H3,(H3,16,17)(H,18,19);2-7H,8H2,1H3,(H3,15,16)(H,17,18);3-7H,1-2H3,(H3,15,16)(H,17,18). The van der Waals surface area contributed by atoms with Crippen LogP contribution in [0.3, 0.4) is 0 Å². The molecule has 4 aromatic heterocycles. The second-order valence-electron chi connectivity index (χ2n) is 18.0. The number of carbonyl (C=O) groups excluding carboxylic acids is 3. The summed E-state index contributed by atoms with van der Waals surface area (Å²) in [5, 5.41) is 41.9. The number of para-hydroxylation sites is 1.